The lowest BCUT2D eigenvalue weighted by Crippen LogP contribution is -2.72. The Morgan fingerprint density at radius 1 is 0.613 bits per heavy atom. The second kappa shape index (κ2) is 12.5. The minimum absolute atomic E-state index is 0.520. The third kappa shape index (κ3) is 4.62. The Labute approximate surface area is 360 Å². The van der Waals surface area contributed by atoms with Gasteiger partial charge in [-0.05, 0) is 83.6 Å². The molecule has 13 rings (SSSR count). The molecule has 0 radical (unpaired) electrons. The van der Waals surface area contributed by atoms with E-state index in [0.29, 0.717) is 5.92 Å². The van der Waals surface area contributed by atoms with Crippen molar-refractivity contribution < 1.29 is 18.0 Å². The molecule has 11 aromatic rings. The predicted molar refractivity (Wildman–Crippen MR) is 254 cm³/mol. The molecule has 4 aromatic heterocycles. The number of nitrogens with zero attached hydrogens (tertiary/aromatic N) is 3. The lowest BCUT2D eigenvalue weighted by atomic mass is 9.87. The van der Waals surface area contributed by atoms with Gasteiger partial charge in [0.05, 0.1) is 24.8 Å². The largest absolute Gasteiger partial charge is 0.455 e. The van der Waals surface area contributed by atoms with E-state index in [2.05, 4.69) is 211 Å². The molecule has 0 bridgehead atoms. The first-order valence-electron chi connectivity index (χ1n) is 21.9. The maximum absolute atomic E-state index is 7.12. The summed E-state index contributed by atoms with van der Waals surface area (Å²) >= 11 is 0. The van der Waals surface area contributed by atoms with Gasteiger partial charge in [-0.2, -0.15) is 4.57 Å². The van der Waals surface area contributed by atoms with Crippen molar-refractivity contribution in [3.05, 3.63) is 181 Å². The van der Waals surface area contributed by atoms with Gasteiger partial charge < -0.3 is 8.83 Å². The van der Waals surface area contributed by atoms with E-state index < -0.39 is 13.7 Å². The van der Waals surface area contributed by atoms with Crippen molar-refractivity contribution >= 4 is 68.2 Å². The van der Waals surface area contributed by atoms with Crippen LogP contribution < -0.4 is 14.3 Å². The summed E-state index contributed by atoms with van der Waals surface area (Å²) in [7, 11) is -1.89. The third-order valence-electron chi connectivity index (χ3n) is 13.6. The van der Waals surface area contributed by atoms with Crippen molar-refractivity contribution in [2.24, 2.45) is 5.92 Å². The highest BCUT2D eigenvalue weighted by molar-refractivity contribution is 6.89. The number of aromatic nitrogens is 3. The van der Waals surface area contributed by atoms with Gasteiger partial charge in [0.2, 0.25) is 5.69 Å². The van der Waals surface area contributed by atoms with Crippen LogP contribution in [-0.2, 0) is 12.1 Å². The fourth-order valence-electron chi connectivity index (χ4n) is 11.2. The molecule has 62 heavy (non-hydrogen) atoms. The number of para-hydroxylation sites is 5. The zero-order valence-corrected chi connectivity index (χ0v) is 36.5. The summed E-state index contributed by atoms with van der Waals surface area (Å²) in [6.07, 6.45) is 3.60. The minimum Gasteiger partial charge on any atom is -0.455 e. The first-order valence-corrected chi connectivity index (χ1v) is 25.4. The fourth-order valence-corrected chi connectivity index (χ4v) is 12.8. The molecule has 2 aliphatic rings. The Bertz CT molecular complexity index is 3700. The fraction of sp³-hybridized carbons (Fsp3) is 0.143. The van der Waals surface area contributed by atoms with Gasteiger partial charge in [-0.3, -0.25) is 0 Å². The molecule has 2 aliphatic heterocycles. The molecule has 0 aliphatic carbocycles. The average Bonchev–Trinajstić information content (AvgIpc) is 4.07. The average molecular weight is 820 g/mol. The van der Waals surface area contributed by atoms with Gasteiger partial charge in [0, 0.05) is 32.8 Å². The zero-order valence-electron chi connectivity index (χ0n) is 35.5. The summed E-state index contributed by atoms with van der Waals surface area (Å²) in [4.78, 5) is 0. The van der Waals surface area contributed by atoms with Crippen molar-refractivity contribution in [1.29, 1.82) is 0 Å². The van der Waals surface area contributed by atoms with E-state index in [0.717, 1.165) is 78.4 Å². The van der Waals surface area contributed by atoms with Crippen molar-refractivity contribution in [1.82, 2.24) is 4.57 Å². The van der Waals surface area contributed by atoms with Crippen LogP contribution in [0.3, 0.4) is 0 Å². The first kappa shape index (κ1) is 35.7. The van der Waals surface area contributed by atoms with Crippen molar-refractivity contribution in [2.45, 2.75) is 45.6 Å². The van der Waals surface area contributed by atoms with E-state index in [9.17, 15) is 0 Å². The van der Waals surface area contributed by atoms with Gasteiger partial charge in [0.15, 0.2) is 34.1 Å². The van der Waals surface area contributed by atoms with E-state index in [1.165, 1.54) is 44.3 Å². The quantitative estimate of drug-likeness (QED) is 0.128. The van der Waals surface area contributed by atoms with Gasteiger partial charge in [-0.25, -0.2) is 0 Å². The van der Waals surface area contributed by atoms with Crippen LogP contribution in [0.2, 0.25) is 19.6 Å². The Hall–Kier alpha value is -7.02. The van der Waals surface area contributed by atoms with E-state index in [1.54, 1.807) is 0 Å². The van der Waals surface area contributed by atoms with E-state index in [-0.39, 0.29) is 0 Å². The molecule has 1 atom stereocenters. The van der Waals surface area contributed by atoms with E-state index in [1.807, 2.05) is 0 Å². The van der Waals surface area contributed by atoms with Crippen LogP contribution in [0.15, 0.2) is 173 Å². The molecule has 5 nitrogen and oxygen atoms in total. The molecule has 0 fully saturated rings. The maximum Gasteiger partial charge on any atom is 0.364 e. The Balaban J connectivity index is 1.25. The van der Waals surface area contributed by atoms with Crippen LogP contribution in [0.5, 0.6) is 0 Å². The van der Waals surface area contributed by atoms with Gasteiger partial charge in [0.25, 0.3) is 0 Å². The maximum atomic E-state index is 7.12. The summed E-state index contributed by atoms with van der Waals surface area (Å²) in [5, 5.41) is 5.94. The second-order valence-electron chi connectivity index (χ2n) is 18.8. The highest BCUT2D eigenvalue weighted by Crippen LogP contribution is 2.53. The predicted octanol–water partition coefficient (Wildman–Crippen LogP) is 12.7. The number of hydrogen-bond donors (Lipinski definition) is 0. The van der Waals surface area contributed by atoms with E-state index >= 15 is 0 Å². The SMILES string of the molecule is CC(C)Cc1cc2[n+](cc1[Si](C)(C)C)C1(c3ccc(-c4ccccc4)cc3-2)c2ccc3c(oc4ccccc43)c2-c2n(-c3cccc4c3oc3ccccc34)c3ccccc3[n+]21. The molecule has 0 saturated carbocycles. The summed E-state index contributed by atoms with van der Waals surface area (Å²) in [5.74, 6) is 1.59. The zero-order chi connectivity index (χ0) is 41.6. The lowest BCUT2D eigenvalue weighted by molar-refractivity contribution is -0.944. The van der Waals surface area contributed by atoms with Gasteiger partial charge in [-0.1, -0.05) is 131 Å². The number of fused-ring (bicyclic) bond motifs is 19. The number of imidazole rings is 1. The molecule has 298 valence electrons. The van der Waals surface area contributed by atoms with Crippen molar-refractivity contribution in [3.8, 4) is 39.5 Å². The van der Waals surface area contributed by atoms with Gasteiger partial charge in [-0.15, -0.1) is 9.13 Å². The Morgan fingerprint density at radius 3 is 2.03 bits per heavy atom. The van der Waals surface area contributed by atoms with Gasteiger partial charge >= 0.3 is 11.5 Å². The number of rotatable bonds is 5. The Kier molecular flexibility index (Phi) is 7.21. The molecular weight excluding hydrogens is 775 g/mol. The molecule has 1 unspecified atom stereocenters. The van der Waals surface area contributed by atoms with Crippen LogP contribution in [-0.4, -0.2) is 12.6 Å². The normalized spacial score (nSPS) is 15.5. The van der Waals surface area contributed by atoms with E-state index in [4.69, 9.17) is 8.83 Å². The van der Waals surface area contributed by atoms with Crippen LogP contribution in [0, 0.1) is 5.92 Å². The van der Waals surface area contributed by atoms with Gasteiger partial charge in [0.1, 0.15) is 16.7 Å². The molecule has 0 N–H and O–H groups in total. The topological polar surface area (TPSA) is 39.0 Å². The molecular formula is C56H45N3O2Si+2. The molecule has 6 heteroatoms. The molecule has 0 saturated heterocycles. The van der Waals surface area contributed by atoms with Crippen LogP contribution >= 0.6 is 0 Å². The van der Waals surface area contributed by atoms with Crippen molar-refractivity contribution in [3.63, 3.8) is 0 Å². The molecule has 0 amide bonds. The number of hydrogen-bond acceptors (Lipinski definition) is 2. The number of pyridine rings is 1. The summed E-state index contributed by atoms with van der Waals surface area (Å²) < 4.78 is 21.8. The summed E-state index contributed by atoms with van der Waals surface area (Å²) in [5.41, 5.74) is 15.9. The van der Waals surface area contributed by atoms with Crippen molar-refractivity contribution in [2.75, 3.05) is 0 Å². The number of furan rings is 2. The first-order chi connectivity index (χ1) is 30.2. The summed E-state index contributed by atoms with van der Waals surface area (Å²) in [6.45, 7) is 12.2. The van der Waals surface area contributed by atoms with Crippen LogP contribution in [0.4, 0.5) is 0 Å². The van der Waals surface area contributed by atoms with Crippen LogP contribution in [0.1, 0.15) is 30.5 Å². The lowest BCUT2D eigenvalue weighted by Gasteiger charge is -2.24. The minimum atomic E-state index is -1.89. The Morgan fingerprint density at radius 2 is 1.27 bits per heavy atom. The second-order valence-corrected chi connectivity index (χ2v) is 23.9. The highest BCUT2D eigenvalue weighted by Gasteiger charge is 2.67. The smallest absolute Gasteiger partial charge is 0.364 e. The number of benzene rings is 7. The molecule has 1 spiro atoms. The third-order valence-corrected chi connectivity index (χ3v) is 15.7. The standard InChI is InChI=1S/C56H45N3O2Si/c1-34(2)30-37-32-48-42-31-36(35-16-7-6-8-17-35)26-28-43(42)56(57(48)33-51(37)62(3,4)5)44-29-27-41-39-19-10-14-25-50(39)61-54(41)52(44)55-58(45-21-11-12-22-46(45)59(55)56)47-23-15-20-40-38-18-9-13-24-49(38)60-53(40)47/h6-29,31-34H,30H2,1-5H3/q+2. The molecule has 6 heterocycles. The summed E-state index contributed by atoms with van der Waals surface area (Å²) in [6, 6.07) is 57.7. The molecule has 7 aromatic carbocycles. The highest BCUT2D eigenvalue weighted by atomic mass is 28.3. The monoisotopic (exact) mass is 819 g/mol. The van der Waals surface area contributed by atoms with Crippen LogP contribution in [0.25, 0.3) is 94.4 Å².